The van der Waals surface area contributed by atoms with Gasteiger partial charge in [-0.2, -0.15) is 94.1 Å². The van der Waals surface area contributed by atoms with Crippen LogP contribution >= 0.6 is 94.1 Å². The summed E-state index contributed by atoms with van der Waals surface area (Å²) in [6.45, 7) is 34.1. The second kappa shape index (κ2) is 201. The van der Waals surface area contributed by atoms with Gasteiger partial charge in [-0.15, -0.1) is 0 Å². The van der Waals surface area contributed by atoms with E-state index < -0.39 is 24.4 Å². The Morgan fingerprint density at radius 1 is 0.120 bits per heavy atom. The molecule has 125 heavy (non-hydrogen) atoms. The van der Waals surface area contributed by atoms with E-state index in [0.717, 1.165) is 64.6 Å². The number of hydrogen-bond acceptors (Lipinski definition) is 31. The maximum Gasteiger partial charge on any atom is 0.104 e. The first-order valence-corrected chi connectivity index (χ1v) is 52.1. The summed E-state index contributed by atoms with van der Waals surface area (Å²) in [4.78, 5) is 0. The highest BCUT2D eigenvalue weighted by Crippen LogP contribution is 2.08. The van der Waals surface area contributed by atoms with Crippen LogP contribution in [0.4, 0.5) is 0 Å². The van der Waals surface area contributed by atoms with Crippen molar-refractivity contribution in [3.8, 4) is 0 Å². The molecule has 0 heterocycles. The van der Waals surface area contributed by atoms with Gasteiger partial charge < -0.3 is 109 Å². The summed E-state index contributed by atoms with van der Waals surface area (Å²) in [6, 6.07) is 0. The summed E-state index contributed by atoms with van der Waals surface area (Å²) in [5.74, 6) is 0. The standard InChI is InChI=1S/C62H126O23.8C2H6S.16CH4/c1-9-17-63-25-27-71-29-31-73-45-57(80-39-33-65-19-11-3)47-75-49-59(82-41-35-67-21-13-5)51-77-53-61(84-43-37-69-23-15-7)55-79-56-62(85-44-38-70-24-16-8)54-78-52-60(83-42-36-68-22-14-6)50-76-48-58(81-40-34-66-20-12-4)46-74-32-30-72-28-26-64-18-10-2;8*1-3-2;;;;;;;;;;;;;;;;/h57-62H,9-56H2,1-8H3;8*1-2H3;16*1H4. The zero-order valence-corrected chi connectivity index (χ0v) is 80.6. The lowest BCUT2D eigenvalue weighted by Crippen LogP contribution is -2.35. The molecule has 0 aromatic carbocycles. The van der Waals surface area contributed by atoms with Gasteiger partial charge >= 0.3 is 0 Å². The molecule has 0 amide bonds. The van der Waals surface area contributed by atoms with Gasteiger partial charge in [-0.25, -0.2) is 0 Å². The quantitative estimate of drug-likeness (QED) is 0.0518. The van der Waals surface area contributed by atoms with Gasteiger partial charge in [-0.05, 0) is 151 Å². The fourth-order valence-electron chi connectivity index (χ4n) is 7.24. The van der Waals surface area contributed by atoms with Crippen LogP contribution in [-0.4, -0.2) is 401 Å². The largest absolute Gasteiger partial charge is 0.379 e. The third-order valence-electron chi connectivity index (χ3n) is 11.4. The molecule has 0 saturated heterocycles. The first-order chi connectivity index (χ1) is 53.3. The van der Waals surface area contributed by atoms with Crippen LogP contribution in [0.2, 0.25) is 0 Å². The highest BCUT2D eigenvalue weighted by atomic mass is 32.2. The monoisotopic (exact) mass is 1990 g/mol. The molecule has 0 radical (unpaired) electrons. The van der Waals surface area contributed by atoms with Crippen LogP contribution in [0.1, 0.15) is 226 Å². The number of ether oxygens (including phenoxy) is 23. The molecule has 6 unspecified atom stereocenters. The molecule has 0 bridgehead atoms. The predicted octanol–water partition coefficient (Wildman–Crippen LogP) is 24.9. The molecule has 31 heteroatoms. The van der Waals surface area contributed by atoms with Gasteiger partial charge in [0.05, 0.1) is 211 Å². The van der Waals surface area contributed by atoms with E-state index in [0.29, 0.717) is 185 Å². The van der Waals surface area contributed by atoms with Crippen molar-refractivity contribution < 1.29 is 109 Å². The number of thioether (sulfide) groups is 8. The smallest absolute Gasteiger partial charge is 0.104 e. The fourth-order valence-corrected chi connectivity index (χ4v) is 7.24. The van der Waals surface area contributed by atoms with Gasteiger partial charge in [0.25, 0.3) is 0 Å². The van der Waals surface area contributed by atoms with E-state index in [1.807, 2.05) is 100 Å². The Balaban J connectivity index is -0.0000000970. The SMILES string of the molecule is C.C.C.C.C.C.C.C.C.C.C.C.C.C.C.C.CCCOCCOCCOCC(COCC(COCC(COCC(COCC(COCC(COCCOCCOCCC)OCCOCCC)OCCOCCC)OCCOCCC)OCCOCCC)OCCOCCC)OCCOCCC.CSC.CSC.CSC.CSC.CSC.CSC.CSC.CSC. The molecule has 0 aromatic heterocycles. The van der Waals surface area contributed by atoms with Gasteiger partial charge in [-0.1, -0.05) is 174 Å². The topological polar surface area (TPSA) is 212 Å². The predicted molar refractivity (Wildman–Crippen MR) is 588 cm³/mol. The van der Waals surface area contributed by atoms with Gasteiger partial charge in [-0.3, -0.25) is 0 Å². The Morgan fingerprint density at radius 2 is 0.200 bits per heavy atom. The molecular weight excluding hydrogens is 1750 g/mol. The van der Waals surface area contributed by atoms with Crippen LogP contribution in [0.15, 0.2) is 0 Å². The first kappa shape index (κ1) is 194. The van der Waals surface area contributed by atoms with Crippen molar-refractivity contribution in [1.29, 1.82) is 0 Å². The van der Waals surface area contributed by atoms with Crippen molar-refractivity contribution in [2.75, 3.05) is 364 Å². The second-order valence-corrected chi connectivity index (χ2v) is 29.7. The molecule has 23 nitrogen and oxygen atoms in total. The van der Waals surface area contributed by atoms with Crippen LogP contribution < -0.4 is 0 Å². The summed E-state index contributed by atoms with van der Waals surface area (Å²) < 4.78 is 137. The van der Waals surface area contributed by atoms with Gasteiger partial charge in [0.15, 0.2) is 0 Å². The van der Waals surface area contributed by atoms with E-state index in [4.69, 9.17) is 109 Å². The average molecular weight is 1990 g/mol. The minimum Gasteiger partial charge on any atom is -0.379 e. The molecule has 0 aliphatic rings. The molecule has 0 aliphatic heterocycles. The van der Waals surface area contributed by atoms with Crippen molar-refractivity contribution in [1.82, 2.24) is 0 Å². The maximum absolute atomic E-state index is 6.34. The molecule has 0 aromatic rings. The second-order valence-electron chi connectivity index (χ2n) is 23.2. The molecule has 0 aliphatic carbocycles. The average Bonchev–Trinajstić information content (AvgIpc) is 0.949. The minimum absolute atomic E-state index is 0. The van der Waals surface area contributed by atoms with Gasteiger partial charge in [0, 0.05) is 52.9 Å². The summed E-state index contributed by atoms with van der Waals surface area (Å²) in [6.07, 6.45) is 37.8. The normalized spacial score (nSPS) is 10.8. The third-order valence-corrected chi connectivity index (χ3v) is 11.4. The van der Waals surface area contributed by atoms with Gasteiger partial charge in [0.2, 0.25) is 0 Å². The Morgan fingerprint density at radius 3 is 0.304 bits per heavy atom. The first-order valence-electron chi connectivity index (χ1n) is 39.0. The van der Waals surface area contributed by atoms with Crippen molar-refractivity contribution in [3.05, 3.63) is 0 Å². The van der Waals surface area contributed by atoms with Gasteiger partial charge in [0.1, 0.15) is 36.6 Å². The summed E-state index contributed by atoms with van der Waals surface area (Å²) >= 11 is 14.0. The molecule has 0 saturated carbocycles. The summed E-state index contributed by atoms with van der Waals surface area (Å²) in [5.41, 5.74) is 0. The van der Waals surface area contributed by atoms with E-state index in [-0.39, 0.29) is 197 Å². The van der Waals surface area contributed by atoms with Crippen LogP contribution in [0, 0.1) is 0 Å². The van der Waals surface area contributed by atoms with Crippen molar-refractivity contribution in [2.24, 2.45) is 0 Å². The molecule has 800 valence electrons. The zero-order valence-electron chi connectivity index (χ0n) is 74.1. The lowest BCUT2D eigenvalue weighted by molar-refractivity contribution is -0.130. The van der Waals surface area contributed by atoms with Crippen LogP contribution in [0.3, 0.4) is 0 Å². The Bertz CT molecular complexity index is 1290. The van der Waals surface area contributed by atoms with Crippen molar-refractivity contribution in [2.45, 2.75) is 262 Å². The molecule has 0 fully saturated rings. The molecular formula is C94H238O23S8. The Hall–Kier alpha value is 1.88. The molecule has 0 N–H and O–H groups in total. The highest BCUT2D eigenvalue weighted by Gasteiger charge is 2.21. The molecule has 0 rings (SSSR count). The summed E-state index contributed by atoms with van der Waals surface area (Å²) in [7, 11) is 0. The Kier molecular flexibility index (Phi) is 311. The molecule has 0 spiro atoms. The molecule has 6 atom stereocenters. The lowest BCUT2D eigenvalue weighted by Gasteiger charge is -2.24. The van der Waals surface area contributed by atoms with Crippen LogP contribution in [0.5, 0.6) is 0 Å². The van der Waals surface area contributed by atoms with Crippen molar-refractivity contribution >= 4 is 94.1 Å². The van der Waals surface area contributed by atoms with Crippen molar-refractivity contribution in [3.63, 3.8) is 0 Å². The third kappa shape index (κ3) is 210. The highest BCUT2D eigenvalue weighted by molar-refractivity contribution is 7.99. The van der Waals surface area contributed by atoms with E-state index in [1.165, 1.54) is 0 Å². The number of rotatable bonds is 76. The van der Waals surface area contributed by atoms with E-state index in [1.54, 1.807) is 94.1 Å². The van der Waals surface area contributed by atoms with E-state index >= 15 is 0 Å². The van der Waals surface area contributed by atoms with Crippen LogP contribution in [-0.2, 0) is 109 Å². The zero-order chi connectivity index (χ0) is 83.3. The van der Waals surface area contributed by atoms with E-state index in [9.17, 15) is 0 Å². The lowest BCUT2D eigenvalue weighted by atomic mass is 10.3. The summed E-state index contributed by atoms with van der Waals surface area (Å²) in [5, 5.41) is 0. The minimum atomic E-state index is -0.428. The fraction of sp³-hybridized carbons (Fsp3) is 1.00. The van der Waals surface area contributed by atoms with E-state index in [2.05, 4.69) is 55.4 Å². The Labute approximate surface area is 823 Å². The van der Waals surface area contributed by atoms with Crippen LogP contribution in [0.25, 0.3) is 0 Å². The number of hydrogen-bond donors (Lipinski definition) is 0. The maximum atomic E-state index is 6.34.